The van der Waals surface area contributed by atoms with Crippen LogP contribution >= 0.6 is 11.3 Å². The molecule has 0 aliphatic carbocycles. The molecule has 1 amide bonds. The maximum Gasteiger partial charge on any atom is 0.331 e. The lowest BCUT2D eigenvalue weighted by atomic mass is 10.2. The van der Waals surface area contributed by atoms with E-state index in [2.05, 4.69) is 5.32 Å². The summed E-state index contributed by atoms with van der Waals surface area (Å²) in [5, 5.41) is 2.65. The van der Waals surface area contributed by atoms with Gasteiger partial charge in [0.15, 0.2) is 6.10 Å². The van der Waals surface area contributed by atoms with Gasteiger partial charge in [-0.3, -0.25) is 9.59 Å². The van der Waals surface area contributed by atoms with Crippen molar-refractivity contribution in [2.75, 3.05) is 0 Å². The lowest BCUT2D eigenvalue weighted by molar-refractivity contribution is -0.140. The summed E-state index contributed by atoms with van der Waals surface area (Å²) in [6.45, 7) is 3.25. The van der Waals surface area contributed by atoms with Crippen molar-refractivity contribution in [3.63, 3.8) is 0 Å². The van der Waals surface area contributed by atoms with E-state index < -0.39 is 17.9 Å². The van der Waals surface area contributed by atoms with Gasteiger partial charge in [0.25, 0.3) is 0 Å². The summed E-state index contributed by atoms with van der Waals surface area (Å²) in [5.74, 6) is -1.57. The lowest BCUT2D eigenvalue weighted by Gasteiger charge is -2.09. The molecule has 1 aromatic heterocycles. The van der Waals surface area contributed by atoms with Crippen molar-refractivity contribution in [3.05, 3.63) is 63.6 Å². The number of amides is 1. The molecule has 7 heteroatoms. The second-order valence-electron chi connectivity index (χ2n) is 5.51. The van der Waals surface area contributed by atoms with Crippen molar-refractivity contribution in [2.24, 2.45) is 0 Å². The molecule has 5 nitrogen and oxygen atoms in total. The molecule has 0 fully saturated rings. The number of rotatable bonds is 7. The Morgan fingerprint density at radius 1 is 1.27 bits per heavy atom. The quantitative estimate of drug-likeness (QED) is 0.458. The third kappa shape index (κ3) is 5.93. The predicted octanol–water partition coefficient (Wildman–Crippen LogP) is 3.35. The number of ketones is 1. The number of nitrogens with one attached hydrogen (secondary N) is 1. The maximum atomic E-state index is 13.1. The Labute approximate surface area is 154 Å². The highest BCUT2D eigenvalue weighted by atomic mass is 32.1. The number of thiophene rings is 1. The van der Waals surface area contributed by atoms with E-state index in [0.29, 0.717) is 17.0 Å². The number of carbonyl (C=O) groups is 3. The molecule has 1 heterocycles. The summed E-state index contributed by atoms with van der Waals surface area (Å²) in [6, 6.07) is 9.13. The van der Waals surface area contributed by atoms with Crippen molar-refractivity contribution in [3.8, 4) is 0 Å². The number of hydrogen-bond donors (Lipinski definition) is 1. The standard InChI is InChI=1S/C19H18FNO4S/c1-12(19(24)17-8-7-16(26-17)11-21-13(2)22)25-18(23)9-6-14-4-3-5-15(20)10-14/h3-10,12H,11H2,1-2H3,(H,21,22)/b9-6+. The van der Waals surface area contributed by atoms with Crippen molar-refractivity contribution < 1.29 is 23.5 Å². The molecular weight excluding hydrogens is 357 g/mol. The van der Waals surface area contributed by atoms with E-state index in [1.165, 1.54) is 49.5 Å². The fourth-order valence-electron chi connectivity index (χ4n) is 2.06. The second kappa shape index (κ2) is 9.05. The Morgan fingerprint density at radius 3 is 2.73 bits per heavy atom. The SMILES string of the molecule is CC(=O)NCc1ccc(C(=O)C(C)OC(=O)/C=C/c2cccc(F)c2)s1. The van der Waals surface area contributed by atoms with E-state index in [-0.39, 0.29) is 11.7 Å². The van der Waals surface area contributed by atoms with Gasteiger partial charge >= 0.3 is 5.97 Å². The summed E-state index contributed by atoms with van der Waals surface area (Å²) in [4.78, 5) is 36.3. The molecule has 0 spiro atoms. The number of halogens is 1. The van der Waals surface area contributed by atoms with Gasteiger partial charge in [-0.25, -0.2) is 9.18 Å². The summed E-state index contributed by atoms with van der Waals surface area (Å²) in [6.07, 6.45) is 1.61. The fraction of sp³-hybridized carbons (Fsp3) is 0.211. The van der Waals surface area contributed by atoms with Gasteiger partial charge in [0, 0.05) is 17.9 Å². The molecule has 1 atom stereocenters. The van der Waals surface area contributed by atoms with Gasteiger partial charge in [0.1, 0.15) is 5.82 Å². The molecule has 26 heavy (non-hydrogen) atoms. The van der Waals surface area contributed by atoms with Crippen LogP contribution in [0.15, 0.2) is 42.5 Å². The normalized spacial score (nSPS) is 12.0. The Kier molecular flexibility index (Phi) is 6.80. The fourth-order valence-corrected chi connectivity index (χ4v) is 3.02. The van der Waals surface area contributed by atoms with E-state index in [9.17, 15) is 18.8 Å². The van der Waals surface area contributed by atoms with E-state index in [1.54, 1.807) is 18.2 Å². The minimum absolute atomic E-state index is 0.154. The molecule has 136 valence electrons. The molecule has 1 unspecified atom stereocenters. The minimum atomic E-state index is -0.952. The van der Waals surface area contributed by atoms with Crippen LogP contribution in [0.4, 0.5) is 4.39 Å². The van der Waals surface area contributed by atoms with Crippen molar-refractivity contribution in [1.82, 2.24) is 5.32 Å². The van der Waals surface area contributed by atoms with Crippen molar-refractivity contribution in [1.29, 1.82) is 0 Å². The first kappa shape index (κ1) is 19.5. The number of Topliss-reactive ketones (excluding diaryl/α,β-unsaturated/α-hetero) is 1. The van der Waals surface area contributed by atoms with Crippen LogP contribution < -0.4 is 5.32 Å². The first-order valence-corrected chi connectivity index (χ1v) is 8.68. The molecule has 1 N–H and O–H groups in total. The van der Waals surface area contributed by atoms with Gasteiger partial charge in [0.05, 0.1) is 11.4 Å². The first-order valence-electron chi connectivity index (χ1n) is 7.87. The largest absolute Gasteiger partial charge is 0.451 e. The Hall–Kier alpha value is -2.80. The summed E-state index contributed by atoms with van der Waals surface area (Å²) < 4.78 is 18.2. The van der Waals surface area contributed by atoms with Gasteiger partial charge in [-0.05, 0) is 42.8 Å². The lowest BCUT2D eigenvalue weighted by Crippen LogP contribution is -2.22. The van der Waals surface area contributed by atoms with Gasteiger partial charge in [-0.2, -0.15) is 0 Å². The zero-order chi connectivity index (χ0) is 19.1. The zero-order valence-corrected chi connectivity index (χ0v) is 15.1. The van der Waals surface area contributed by atoms with Gasteiger partial charge < -0.3 is 10.1 Å². The van der Waals surface area contributed by atoms with Crippen LogP contribution in [-0.4, -0.2) is 23.8 Å². The van der Waals surface area contributed by atoms with Crippen LogP contribution in [0.5, 0.6) is 0 Å². The number of carbonyl (C=O) groups excluding carboxylic acids is 3. The highest BCUT2D eigenvalue weighted by molar-refractivity contribution is 7.14. The Morgan fingerprint density at radius 2 is 2.04 bits per heavy atom. The third-order valence-corrected chi connectivity index (χ3v) is 4.44. The molecule has 2 aromatic rings. The van der Waals surface area contributed by atoms with E-state index in [4.69, 9.17) is 4.74 Å². The zero-order valence-electron chi connectivity index (χ0n) is 14.3. The van der Waals surface area contributed by atoms with E-state index in [1.807, 2.05) is 0 Å². The van der Waals surface area contributed by atoms with Crippen LogP contribution in [-0.2, 0) is 20.9 Å². The van der Waals surface area contributed by atoms with E-state index >= 15 is 0 Å². The van der Waals surface area contributed by atoms with Crippen LogP contribution in [0.2, 0.25) is 0 Å². The van der Waals surface area contributed by atoms with Crippen molar-refractivity contribution in [2.45, 2.75) is 26.5 Å². The van der Waals surface area contributed by atoms with Crippen LogP contribution in [0, 0.1) is 5.82 Å². The minimum Gasteiger partial charge on any atom is -0.451 e. The highest BCUT2D eigenvalue weighted by Crippen LogP contribution is 2.19. The molecule has 0 saturated heterocycles. The molecule has 1 aromatic carbocycles. The van der Waals surface area contributed by atoms with Gasteiger partial charge in [0.2, 0.25) is 11.7 Å². The maximum absolute atomic E-state index is 13.1. The number of esters is 1. The molecule has 0 aliphatic heterocycles. The summed E-state index contributed by atoms with van der Waals surface area (Å²) in [5.41, 5.74) is 0.516. The number of hydrogen-bond acceptors (Lipinski definition) is 5. The highest BCUT2D eigenvalue weighted by Gasteiger charge is 2.20. The topological polar surface area (TPSA) is 72.5 Å². The first-order chi connectivity index (χ1) is 12.3. The third-order valence-electron chi connectivity index (χ3n) is 3.34. The molecule has 2 rings (SSSR count). The van der Waals surface area contributed by atoms with Gasteiger partial charge in [-0.1, -0.05) is 12.1 Å². The predicted molar refractivity (Wildman–Crippen MR) is 97.2 cm³/mol. The second-order valence-corrected chi connectivity index (χ2v) is 6.68. The van der Waals surface area contributed by atoms with Crippen LogP contribution in [0.25, 0.3) is 6.08 Å². The Balaban J connectivity index is 1.91. The molecule has 0 radical (unpaired) electrons. The molecular formula is C19H18FNO4S. The summed E-state index contributed by atoms with van der Waals surface area (Å²) in [7, 11) is 0. The van der Waals surface area contributed by atoms with Crippen molar-refractivity contribution >= 4 is 35.1 Å². The smallest absolute Gasteiger partial charge is 0.331 e. The number of benzene rings is 1. The monoisotopic (exact) mass is 375 g/mol. The molecule has 0 aliphatic rings. The van der Waals surface area contributed by atoms with Crippen LogP contribution in [0.3, 0.4) is 0 Å². The summed E-state index contributed by atoms with van der Waals surface area (Å²) >= 11 is 1.23. The van der Waals surface area contributed by atoms with Gasteiger partial charge in [-0.15, -0.1) is 11.3 Å². The number of ether oxygens (including phenoxy) is 1. The Bertz CT molecular complexity index is 844. The van der Waals surface area contributed by atoms with E-state index in [0.717, 1.165) is 11.0 Å². The average molecular weight is 375 g/mol. The average Bonchev–Trinajstić information content (AvgIpc) is 3.06. The molecule has 0 bridgehead atoms. The van der Waals surface area contributed by atoms with Crippen LogP contribution in [0.1, 0.15) is 34.0 Å². The molecule has 0 saturated carbocycles.